The number of carbonyl (C=O) groups is 1. The zero-order chi connectivity index (χ0) is 15.6. The minimum Gasteiger partial charge on any atom is -0.461 e. The molecule has 21 heavy (non-hydrogen) atoms. The molecule has 1 fully saturated rings. The molecule has 2 heterocycles. The van der Waals surface area contributed by atoms with Gasteiger partial charge in [0.25, 0.3) is 0 Å². The molecule has 0 unspecified atom stereocenters. The van der Waals surface area contributed by atoms with Gasteiger partial charge in [0.05, 0.1) is 18.8 Å². The number of likely N-dealkylation sites (tertiary alicyclic amines) is 1. The van der Waals surface area contributed by atoms with E-state index in [1.54, 1.807) is 0 Å². The van der Waals surface area contributed by atoms with Crippen molar-refractivity contribution in [1.82, 2.24) is 14.7 Å². The first-order valence-corrected chi connectivity index (χ1v) is 7.78. The smallest absolute Gasteiger partial charge is 0.356 e. The number of carbonyl (C=O) groups excluding carboxylic acids is 1. The van der Waals surface area contributed by atoms with Crippen molar-refractivity contribution in [2.24, 2.45) is 0 Å². The second kappa shape index (κ2) is 6.18. The Kier molecular flexibility index (Phi) is 4.71. The average Bonchev–Trinajstić information content (AvgIpc) is 2.97. The van der Waals surface area contributed by atoms with Gasteiger partial charge in [-0.05, 0) is 39.4 Å². The third kappa shape index (κ3) is 3.64. The van der Waals surface area contributed by atoms with Gasteiger partial charge in [-0.3, -0.25) is 4.68 Å². The first-order chi connectivity index (χ1) is 9.82. The topological polar surface area (TPSA) is 47.4 Å². The number of nitrogens with zero attached hydrogens (tertiary/aromatic N) is 3. The van der Waals surface area contributed by atoms with Gasteiger partial charge in [-0.25, -0.2) is 4.79 Å². The van der Waals surface area contributed by atoms with Gasteiger partial charge in [-0.15, -0.1) is 0 Å². The molecule has 118 valence electrons. The van der Waals surface area contributed by atoms with Gasteiger partial charge in [0.2, 0.25) is 0 Å². The monoisotopic (exact) mass is 293 g/mol. The number of rotatable bonds is 4. The van der Waals surface area contributed by atoms with E-state index in [4.69, 9.17) is 4.74 Å². The van der Waals surface area contributed by atoms with Crippen LogP contribution in [-0.2, 0) is 16.7 Å². The van der Waals surface area contributed by atoms with Crippen LogP contribution in [0.15, 0.2) is 6.07 Å². The Morgan fingerprint density at radius 2 is 2.19 bits per heavy atom. The van der Waals surface area contributed by atoms with E-state index in [1.165, 1.54) is 6.42 Å². The van der Waals surface area contributed by atoms with E-state index < -0.39 is 0 Å². The van der Waals surface area contributed by atoms with E-state index in [0.717, 1.165) is 25.2 Å². The SMILES string of the molecule is CCOC(=O)c1cc(C(C)(C)C)nn1C[C@@H]1CCCN1C. The van der Waals surface area contributed by atoms with E-state index in [9.17, 15) is 4.79 Å². The fourth-order valence-electron chi connectivity index (χ4n) is 2.70. The van der Waals surface area contributed by atoms with Crippen molar-refractivity contribution in [3.63, 3.8) is 0 Å². The van der Waals surface area contributed by atoms with Crippen LogP contribution in [0.3, 0.4) is 0 Å². The summed E-state index contributed by atoms with van der Waals surface area (Å²) in [6.45, 7) is 10.4. The fourth-order valence-corrected chi connectivity index (χ4v) is 2.70. The van der Waals surface area contributed by atoms with Gasteiger partial charge in [-0.2, -0.15) is 5.10 Å². The van der Waals surface area contributed by atoms with Gasteiger partial charge < -0.3 is 9.64 Å². The summed E-state index contributed by atoms with van der Waals surface area (Å²) in [6.07, 6.45) is 2.37. The van der Waals surface area contributed by atoms with Gasteiger partial charge >= 0.3 is 5.97 Å². The van der Waals surface area contributed by atoms with Crippen molar-refractivity contribution in [2.45, 2.75) is 58.5 Å². The van der Waals surface area contributed by atoms with Gasteiger partial charge in [0.15, 0.2) is 0 Å². The standard InChI is InChI=1S/C16H27N3O2/c1-6-21-15(20)13-10-14(16(2,3)4)17-19(13)11-12-8-7-9-18(12)5/h10,12H,6-9,11H2,1-5H3/t12-/m0/s1. The van der Waals surface area contributed by atoms with Crippen LogP contribution >= 0.6 is 0 Å². The predicted molar refractivity (Wildman–Crippen MR) is 82.5 cm³/mol. The molecule has 5 nitrogen and oxygen atoms in total. The maximum Gasteiger partial charge on any atom is 0.356 e. The minimum atomic E-state index is -0.277. The fraction of sp³-hybridized carbons (Fsp3) is 0.750. The molecule has 0 aliphatic carbocycles. The number of esters is 1. The van der Waals surface area contributed by atoms with Crippen LogP contribution in [0.4, 0.5) is 0 Å². The Bertz CT molecular complexity index is 502. The summed E-state index contributed by atoms with van der Waals surface area (Å²) < 4.78 is 7.01. The van der Waals surface area contributed by atoms with Crippen LogP contribution in [0.5, 0.6) is 0 Å². The molecule has 0 saturated carbocycles. The highest BCUT2D eigenvalue weighted by Crippen LogP contribution is 2.24. The molecule has 0 aromatic carbocycles. The van der Waals surface area contributed by atoms with Crippen molar-refractivity contribution < 1.29 is 9.53 Å². The Labute approximate surface area is 127 Å². The molecule has 0 amide bonds. The highest BCUT2D eigenvalue weighted by atomic mass is 16.5. The van der Waals surface area contributed by atoms with Gasteiger partial charge in [0, 0.05) is 11.5 Å². The van der Waals surface area contributed by atoms with Crippen LogP contribution in [-0.4, -0.2) is 46.9 Å². The molecule has 1 saturated heterocycles. The van der Waals surface area contributed by atoms with Gasteiger partial charge in [0.1, 0.15) is 5.69 Å². The largest absolute Gasteiger partial charge is 0.461 e. The summed E-state index contributed by atoms with van der Waals surface area (Å²) in [5, 5.41) is 4.67. The Hall–Kier alpha value is -1.36. The molecule has 1 aromatic rings. The Morgan fingerprint density at radius 3 is 2.71 bits per heavy atom. The third-order valence-electron chi connectivity index (χ3n) is 4.09. The van der Waals surface area contributed by atoms with E-state index in [-0.39, 0.29) is 11.4 Å². The summed E-state index contributed by atoms with van der Waals surface area (Å²) in [4.78, 5) is 14.5. The van der Waals surface area contributed by atoms with Crippen molar-refractivity contribution >= 4 is 5.97 Å². The third-order valence-corrected chi connectivity index (χ3v) is 4.09. The maximum atomic E-state index is 12.2. The lowest BCUT2D eigenvalue weighted by molar-refractivity contribution is 0.0510. The number of ether oxygens (including phenoxy) is 1. The second-order valence-corrected chi connectivity index (χ2v) is 6.84. The van der Waals surface area contributed by atoms with E-state index >= 15 is 0 Å². The van der Waals surface area contributed by atoms with Crippen LogP contribution in [0.25, 0.3) is 0 Å². The summed E-state index contributed by atoms with van der Waals surface area (Å²) in [6, 6.07) is 2.33. The molecule has 0 bridgehead atoms. The summed E-state index contributed by atoms with van der Waals surface area (Å²) >= 11 is 0. The lowest BCUT2D eigenvalue weighted by Crippen LogP contribution is -2.31. The molecule has 0 radical (unpaired) electrons. The molecule has 2 rings (SSSR count). The average molecular weight is 293 g/mol. The molecule has 1 atom stereocenters. The number of likely N-dealkylation sites (N-methyl/N-ethyl adjacent to an activating group) is 1. The Morgan fingerprint density at radius 1 is 1.48 bits per heavy atom. The molecular formula is C16H27N3O2. The summed E-state index contributed by atoms with van der Waals surface area (Å²) in [5.74, 6) is -0.277. The van der Waals surface area contributed by atoms with Crippen LogP contribution in [0, 0.1) is 0 Å². The highest BCUT2D eigenvalue weighted by molar-refractivity contribution is 5.87. The maximum absolute atomic E-state index is 12.2. The molecule has 0 N–H and O–H groups in total. The number of hydrogen-bond donors (Lipinski definition) is 0. The van der Waals surface area contributed by atoms with Gasteiger partial charge in [-0.1, -0.05) is 20.8 Å². The summed E-state index contributed by atoms with van der Waals surface area (Å²) in [5.41, 5.74) is 1.43. The predicted octanol–water partition coefficient (Wildman–Crippen LogP) is 2.45. The first-order valence-electron chi connectivity index (χ1n) is 7.78. The van der Waals surface area contributed by atoms with Crippen LogP contribution in [0.2, 0.25) is 0 Å². The molecule has 1 aromatic heterocycles. The number of hydrogen-bond acceptors (Lipinski definition) is 4. The van der Waals surface area contributed by atoms with Crippen molar-refractivity contribution in [1.29, 1.82) is 0 Å². The molecule has 5 heteroatoms. The number of aromatic nitrogens is 2. The van der Waals surface area contributed by atoms with E-state index in [2.05, 4.69) is 37.8 Å². The minimum absolute atomic E-state index is 0.0753. The molecule has 1 aliphatic heterocycles. The second-order valence-electron chi connectivity index (χ2n) is 6.84. The molecule has 1 aliphatic rings. The summed E-state index contributed by atoms with van der Waals surface area (Å²) in [7, 11) is 2.13. The zero-order valence-electron chi connectivity index (χ0n) is 13.8. The molecule has 0 spiro atoms. The van der Waals surface area contributed by atoms with Crippen LogP contribution in [0.1, 0.15) is 56.7 Å². The quantitative estimate of drug-likeness (QED) is 0.800. The van der Waals surface area contributed by atoms with Crippen molar-refractivity contribution in [3.8, 4) is 0 Å². The first kappa shape index (κ1) is 16.0. The normalized spacial score (nSPS) is 20.0. The van der Waals surface area contributed by atoms with Crippen molar-refractivity contribution in [2.75, 3.05) is 20.2 Å². The van der Waals surface area contributed by atoms with Crippen LogP contribution < -0.4 is 0 Å². The molecular weight excluding hydrogens is 266 g/mol. The zero-order valence-corrected chi connectivity index (χ0v) is 13.8. The van der Waals surface area contributed by atoms with Crippen molar-refractivity contribution in [3.05, 3.63) is 17.5 Å². The Balaban J connectivity index is 2.28. The van der Waals surface area contributed by atoms with E-state index in [1.807, 2.05) is 17.7 Å². The van der Waals surface area contributed by atoms with E-state index in [0.29, 0.717) is 18.3 Å². The lowest BCUT2D eigenvalue weighted by atomic mass is 9.92. The highest BCUT2D eigenvalue weighted by Gasteiger charge is 2.27. The lowest BCUT2D eigenvalue weighted by Gasteiger charge is -2.20.